The van der Waals surface area contributed by atoms with Crippen LogP contribution in [0, 0.1) is 0 Å². The first-order valence-electron chi connectivity index (χ1n) is 4.67. The van der Waals surface area contributed by atoms with Crippen LogP contribution < -0.4 is 5.32 Å². The molecule has 2 N–H and O–H groups in total. The predicted molar refractivity (Wildman–Crippen MR) is 49.4 cm³/mol. The minimum absolute atomic E-state index is 0.557. The number of nitrogens with zero attached hydrogens (tertiary/aromatic N) is 2. The van der Waals surface area contributed by atoms with E-state index in [4.69, 9.17) is 0 Å². The molecule has 0 atom stereocenters. The predicted octanol–water partition coefficient (Wildman–Crippen LogP) is -0.220. The zero-order valence-electron chi connectivity index (χ0n) is 7.82. The minimum atomic E-state index is -0.557. The van der Waals surface area contributed by atoms with Gasteiger partial charge in [-0.05, 0) is 6.92 Å². The molecule has 0 aliphatic carbocycles. The molecule has 2 heterocycles. The zero-order chi connectivity index (χ0) is 9.31. The average molecular weight is 181 g/mol. The Balaban J connectivity index is 2.08. The third kappa shape index (κ3) is 1.59. The van der Waals surface area contributed by atoms with Gasteiger partial charge in [-0.25, -0.2) is 4.98 Å². The van der Waals surface area contributed by atoms with E-state index in [1.54, 1.807) is 6.20 Å². The van der Waals surface area contributed by atoms with Gasteiger partial charge in [0.2, 0.25) is 0 Å². The Morgan fingerprint density at radius 3 is 3.00 bits per heavy atom. The third-order valence-electron chi connectivity index (χ3n) is 2.54. The first-order chi connectivity index (χ1) is 6.23. The monoisotopic (exact) mass is 181 g/mol. The van der Waals surface area contributed by atoms with Crippen LogP contribution in [0.4, 0.5) is 0 Å². The number of aryl methyl sites for hydroxylation is 1. The number of imidazole rings is 1. The molecule has 0 bridgehead atoms. The number of aromatic nitrogens is 2. The largest absolute Gasteiger partial charge is 0.387 e. The first kappa shape index (κ1) is 8.72. The Kier molecular flexibility index (Phi) is 2.09. The molecule has 4 nitrogen and oxygen atoms in total. The highest BCUT2D eigenvalue weighted by molar-refractivity contribution is 5.04. The van der Waals surface area contributed by atoms with Crippen LogP contribution >= 0.6 is 0 Å². The van der Waals surface area contributed by atoms with Crippen LogP contribution in [0.25, 0.3) is 0 Å². The van der Waals surface area contributed by atoms with Crippen molar-refractivity contribution in [1.29, 1.82) is 0 Å². The minimum Gasteiger partial charge on any atom is -0.387 e. The molecule has 1 aliphatic heterocycles. The highest BCUT2D eigenvalue weighted by Crippen LogP contribution is 2.16. The van der Waals surface area contributed by atoms with Gasteiger partial charge in [-0.15, -0.1) is 0 Å². The van der Waals surface area contributed by atoms with E-state index in [0.717, 1.165) is 12.4 Å². The van der Waals surface area contributed by atoms with Crippen molar-refractivity contribution < 1.29 is 5.11 Å². The maximum atomic E-state index is 9.89. The lowest BCUT2D eigenvalue weighted by atomic mass is 9.93. The molecule has 13 heavy (non-hydrogen) atoms. The standard InChI is InChI=1S/C9H15N3O/c1-2-12-4-3-11-8(12)5-9(13)6-10-7-9/h3-4,10,13H,2,5-7H2,1H3. The van der Waals surface area contributed by atoms with Gasteiger partial charge < -0.3 is 15.0 Å². The molecule has 2 rings (SSSR count). The Hall–Kier alpha value is -0.870. The maximum absolute atomic E-state index is 9.89. The van der Waals surface area contributed by atoms with Crippen LogP contribution in [0.2, 0.25) is 0 Å². The average Bonchev–Trinajstić information content (AvgIpc) is 2.49. The number of hydrogen-bond donors (Lipinski definition) is 2. The number of rotatable bonds is 3. The summed E-state index contributed by atoms with van der Waals surface area (Å²) in [4.78, 5) is 4.23. The Bertz CT molecular complexity index is 291. The molecule has 1 aromatic rings. The molecule has 0 amide bonds. The second kappa shape index (κ2) is 3.12. The fourth-order valence-electron chi connectivity index (χ4n) is 1.63. The maximum Gasteiger partial charge on any atom is 0.111 e. The van der Waals surface area contributed by atoms with E-state index >= 15 is 0 Å². The van der Waals surface area contributed by atoms with Gasteiger partial charge in [0.25, 0.3) is 0 Å². The summed E-state index contributed by atoms with van der Waals surface area (Å²) in [5.41, 5.74) is -0.557. The molecule has 1 fully saturated rings. The quantitative estimate of drug-likeness (QED) is 0.678. The summed E-state index contributed by atoms with van der Waals surface area (Å²) >= 11 is 0. The summed E-state index contributed by atoms with van der Waals surface area (Å²) in [6.45, 7) is 4.36. The van der Waals surface area contributed by atoms with E-state index in [2.05, 4.69) is 21.8 Å². The van der Waals surface area contributed by atoms with Crippen LogP contribution in [0.1, 0.15) is 12.7 Å². The summed E-state index contributed by atoms with van der Waals surface area (Å²) in [6.07, 6.45) is 4.39. The van der Waals surface area contributed by atoms with E-state index in [-0.39, 0.29) is 0 Å². The molecule has 1 saturated heterocycles. The second-order valence-electron chi connectivity index (χ2n) is 3.63. The van der Waals surface area contributed by atoms with Gasteiger partial charge in [-0.1, -0.05) is 0 Å². The van der Waals surface area contributed by atoms with Gasteiger partial charge in [0.05, 0.1) is 5.60 Å². The molecule has 4 heteroatoms. The smallest absolute Gasteiger partial charge is 0.111 e. The van der Waals surface area contributed by atoms with Crippen LogP contribution in [0.3, 0.4) is 0 Å². The molecule has 0 radical (unpaired) electrons. The van der Waals surface area contributed by atoms with Crippen LogP contribution in [-0.2, 0) is 13.0 Å². The number of β-amino-alcohol motifs (C(OH)–C–C–N with tert-alkyl or cyclic N) is 1. The molecular weight excluding hydrogens is 166 g/mol. The van der Waals surface area contributed by atoms with Crippen LogP contribution in [0.5, 0.6) is 0 Å². The normalized spacial score (nSPS) is 19.8. The van der Waals surface area contributed by atoms with Crippen molar-refractivity contribution in [2.24, 2.45) is 0 Å². The van der Waals surface area contributed by atoms with Crippen molar-refractivity contribution in [2.45, 2.75) is 25.5 Å². The molecule has 0 saturated carbocycles. The number of nitrogens with one attached hydrogen (secondary N) is 1. The topological polar surface area (TPSA) is 50.1 Å². The summed E-state index contributed by atoms with van der Waals surface area (Å²) in [7, 11) is 0. The van der Waals surface area contributed by atoms with Crippen LogP contribution in [-0.4, -0.2) is 33.3 Å². The lowest BCUT2D eigenvalue weighted by molar-refractivity contribution is -0.0113. The Morgan fingerprint density at radius 1 is 1.69 bits per heavy atom. The molecule has 72 valence electrons. The van der Waals surface area contributed by atoms with Gasteiger partial charge >= 0.3 is 0 Å². The van der Waals surface area contributed by atoms with Crippen molar-refractivity contribution in [3.8, 4) is 0 Å². The van der Waals surface area contributed by atoms with Gasteiger partial charge in [-0.2, -0.15) is 0 Å². The van der Waals surface area contributed by atoms with Gasteiger partial charge in [-0.3, -0.25) is 0 Å². The van der Waals surface area contributed by atoms with E-state index in [0.29, 0.717) is 19.5 Å². The first-order valence-corrected chi connectivity index (χ1v) is 4.67. The third-order valence-corrected chi connectivity index (χ3v) is 2.54. The fraction of sp³-hybridized carbons (Fsp3) is 0.667. The lowest BCUT2D eigenvalue weighted by Gasteiger charge is -2.37. The van der Waals surface area contributed by atoms with Crippen molar-refractivity contribution in [3.05, 3.63) is 18.2 Å². The molecule has 0 unspecified atom stereocenters. The molecule has 1 aromatic heterocycles. The number of hydrogen-bond acceptors (Lipinski definition) is 3. The van der Waals surface area contributed by atoms with E-state index < -0.39 is 5.60 Å². The Labute approximate surface area is 77.6 Å². The SMILES string of the molecule is CCn1ccnc1CC1(O)CNC1. The van der Waals surface area contributed by atoms with Crippen molar-refractivity contribution >= 4 is 0 Å². The van der Waals surface area contributed by atoms with Gasteiger partial charge in [0, 0.05) is 38.4 Å². The van der Waals surface area contributed by atoms with Crippen LogP contribution in [0.15, 0.2) is 12.4 Å². The Morgan fingerprint density at radius 2 is 2.46 bits per heavy atom. The zero-order valence-corrected chi connectivity index (χ0v) is 7.82. The summed E-state index contributed by atoms with van der Waals surface area (Å²) in [6, 6.07) is 0. The second-order valence-corrected chi connectivity index (χ2v) is 3.63. The van der Waals surface area contributed by atoms with E-state index in [9.17, 15) is 5.11 Å². The summed E-state index contributed by atoms with van der Waals surface area (Å²) < 4.78 is 2.07. The summed E-state index contributed by atoms with van der Waals surface area (Å²) in [5.74, 6) is 0.978. The highest BCUT2D eigenvalue weighted by Gasteiger charge is 2.35. The molecule has 1 aliphatic rings. The summed E-state index contributed by atoms with van der Waals surface area (Å²) in [5, 5.41) is 13.0. The van der Waals surface area contributed by atoms with Crippen molar-refractivity contribution in [3.63, 3.8) is 0 Å². The van der Waals surface area contributed by atoms with Crippen molar-refractivity contribution in [1.82, 2.24) is 14.9 Å². The van der Waals surface area contributed by atoms with Crippen molar-refractivity contribution in [2.75, 3.05) is 13.1 Å². The fourth-order valence-corrected chi connectivity index (χ4v) is 1.63. The lowest BCUT2D eigenvalue weighted by Crippen LogP contribution is -2.60. The van der Waals surface area contributed by atoms with Gasteiger partial charge in [0.1, 0.15) is 5.82 Å². The van der Waals surface area contributed by atoms with Gasteiger partial charge in [0.15, 0.2) is 0 Å². The highest BCUT2D eigenvalue weighted by atomic mass is 16.3. The van der Waals surface area contributed by atoms with E-state index in [1.165, 1.54) is 0 Å². The molecular formula is C9H15N3O. The van der Waals surface area contributed by atoms with E-state index in [1.807, 2.05) is 6.20 Å². The molecule has 0 spiro atoms. The number of aliphatic hydroxyl groups is 1. The molecule has 0 aromatic carbocycles.